The number of hydrogen-bond acceptors (Lipinski definition) is 3. The van der Waals surface area contributed by atoms with E-state index in [1.165, 1.54) is 0 Å². The number of rotatable bonds is 1. The molecule has 74 valence electrons. The first-order valence-electron chi connectivity index (χ1n) is 1.78. The zero-order chi connectivity index (χ0) is 10.3. The molecule has 0 heterocycles. The van der Waals surface area contributed by atoms with Crippen LogP contribution < -0.4 is 23.2 Å². The van der Waals surface area contributed by atoms with Gasteiger partial charge >= 0.3 is 53.4 Å². The SMILES string of the molecule is NCC(=O)[O-].[C-]#[O+].[C-]#[O+].[C-]#[O+].[Cl-].[Ru+2]. The molecule has 0 atom stereocenters. The summed E-state index contributed by atoms with van der Waals surface area (Å²) >= 11 is 0. The second kappa shape index (κ2) is 102. The summed E-state index contributed by atoms with van der Waals surface area (Å²) in [6.07, 6.45) is 0. The molecule has 0 rings (SSSR count). The minimum absolute atomic E-state index is 0. The Morgan fingerprint density at radius 2 is 1.23 bits per heavy atom. The van der Waals surface area contributed by atoms with Gasteiger partial charge in [0.05, 0.1) is 5.97 Å². The number of carboxylic acids is 1. The van der Waals surface area contributed by atoms with E-state index >= 15 is 0 Å². The van der Waals surface area contributed by atoms with Crippen LogP contribution in [0.15, 0.2) is 0 Å². The van der Waals surface area contributed by atoms with Gasteiger partial charge in [0.25, 0.3) is 0 Å². The van der Waals surface area contributed by atoms with E-state index < -0.39 is 5.97 Å². The molecule has 6 nitrogen and oxygen atoms in total. The van der Waals surface area contributed by atoms with Crippen LogP contribution in [0.2, 0.25) is 0 Å². The molecule has 8 heteroatoms. The summed E-state index contributed by atoms with van der Waals surface area (Å²) in [5.41, 5.74) is 4.51. The Morgan fingerprint density at radius 1 is 1.15 bits per heavy atom. The topological polar surface area (TPSA) is 126 Å². The van der Waals surface area contributed by atoms with E-state index in [1.54, 1.807) is 0 Å². The van der Waals surface area contributed by atoms with Crippen molar-refractivity contribution in [3.8, 4) is 0 Å². The van der Waals surface area contributed by atoms with Crippen LogP contribution in [0.25, 0.3) is 0 Å². The zero-order valence-corrected chi connectivity index (χ0v) is 8.55. The average molecular weight is 295 g/mol. The molecular weight excluding hydrogens is 291 g/mol. The molecule has 0 saturated heterocycles. The number of nitrogens with two attached hydrogens (primary N) is 1. The summed E-state index contributed by atoms with van der Waals surface area (Å²) in [5.74, 6) is -1.22. The molecule has 0 aliphatic carbocycles. The Balaban J connectivity index is -0.0000000135. The molecule has 0 fully saturated rings. The molecule has 0 aliphatic rings. The fourth-order valence-corrected chi connectivity index (χ4v) is 0. The van der Waals surface area contributed by atoms with Crippen molar-refractivity contribution >= 4 is 5.97 Å². The molecule has 0 aromatic rings. The van der Waals surface area contributed by atoms with E-state index in [9.17, 15) is 0 Å². The van der Waals surface area contributed by atoms with Crippen molar-refractivity contribution in [2.75, 3.05) is 6.54 Å². The van der Waals surface area contributed by atoms with Gasteiger partial charge in [0.1, 0.15) is 0 Å². The number of hydrogen-bond donors (Lipinski definition) is 1. The minimum atomic E-state index is -1.22. The molecule has 0 saturated carbocycles. The van der Waals surface area contributed by atoms with E-state index in [0.29, 0.717) is 0 Å². The summed E-state index contributed by atoms with van der Waals surface area (Å²) in [6.45, 7) is 13.1. The Bertz CT molecular complexity index is 120. The molecule has 0 bridgehead atoms. The smallest absolute Gasteiger partial charge is 1.00 e. The Labute approximate surface area is 94.2 Å². The Kier molecular flexibility index (Phi) is 305. The van der Waals surface area contributed by atoms with Gasteiger partial charge < -0.3 is 28.0 Å². The standard InChI is InChI=1S/C2H5NO2.3CO.ClH.Ru/c3-1-2(4)5;3*1-2;;/h1,3H2,(H,4,5);;;;1H;/q;;;;;+2/p-2. The van der Waals surface area contributed by atoms with E-state index in [0.717, 1.165) is 0 Å². The van der Waals surface area contributed by atoms with Crippen molar-refractivity contribution < 1.29 is 55.7 Å². The van der Waals surface area contributed by atoms with Gasteiger partial charge in [-0.1, -0.05) is 0 Å². The van der Waals surface area contributed by atoms with E-state index in [1.807, 2.05) is 0 Å². The summed E-state index contributed by atoms with van der Waals surface area (Å²) in [5, 5.41) is 9.13. The van der Waals surface area contributed by atoms with Gasteiger partial charge in [-0.3, -0.25) is 0 Å². The maximum Gasteiger partial charge on any atom is 2.00 e. The van der Waals surface area contributed by atoms with Crippen LogP contribution in [0, 0.1) is 20.0 Å². The molecule has 0 unspecified atom stereocenters. The summed E-state index contributed by atoms with van der Waals surface area (Å²) in [4.78, 5) is 9.13. The van der Waals surface area contributed by atoms with Crippen LogP contribution in [-0.4, -0.2) is 12.5 Å². The summed E-state index contributed by atoms with van der Waals surface area (Å²) in [6, 6.07) is 0. The van der Waals surface area contributed by atoms with Crippen LogP contribution in [-0.2, 0) is 38.2 Å². The predicted molar refractivity (Wildman–Crippen MR) is 25.8 cm³/mol. The van der Waals surface area contributed by atoms with E-state index in [2.05, 4.69) is 25.7 Å². The fourth-order valence-electron chi connectivity index (χ4n) is 0. The number of halogens is 1. The van der Waals surface area contributed by atoms with Crippen molar-refractivity contribution in [3.05, 3.63) is 20.0 Å². The van der Waals surface area contributed by atoms with Crippen LogP contribution in [0.4, 0.5) is 0 Å². The molecule has 0 aliphatic heterocycles. The van der Waals surface area contributed by atoms with Gasteiger partial charge in [-0.05, 0) is 0 Å². The number of carbonyl (C=O) groups is 1. The van der Waals surface area contributed by atoms with Crippen LogP contribution in [0.1, 0.15) is 0 Å². The normalized spacial score (nSPS) is 3.31. The molecule has 0 spiro atoms. The van der Waals surface area contributed by atoms with Gasteiger partial charge in [-0.25, -0.2) is 0 Å². The first-order chi connectivity index (χ1) is 5.27. The van der Waals surface area contributed by atoms with Gasteiger partial charge in [0.2, 0.25) is 0 Å². The monoisotopic (exact) mass is 295 g/mol. The van der Waals surface area contributed by atoms with Gasteiger partial charge in [-0.2, -0.15) is 0 Å². The molecule has 0 amide bonds. The van der Waals surface area contributed by atoms with Crippen molar-refractivity contribution in [1.29, 1.82) is 0 Å². The average Bonchev–Trinajstić information content (AvgIpc) is 2.15. The number of carboxylic acid groups (broad SMARTS) is 1. The van der Waals surface area contributed by atoms with Gasteiger partial charge in [0, 0.05) is 6.54 Å². The minimum Gasteiger partial charge on any atom is -1.00 e. The summed E-state index contributed by atoms with van der Waals surface area (Å²) in [7, 11) is 0. The van der Waals surface area contributed by atoms with Crippen LogP contribution in [0.3, 0.4) is 0 Å². The Morgan fingerprint density at radius 3 is 1.23 bits per heavy atom. The quantitative estimate of drug-likeness (QED) is 0.294. The molecule has 13 heavy (non-hydrogen) atoms. The van der Waals surface area contributed by atoms with Crippen molar-refractivity contribution in [2.24, 2.45) is 5.73 Å². The number of carbonyl (C=O) groups excluding carboxylic acids is 1. The maximum atomic E-state index is 9.13. The molecule has 0 aromatic carbocycles. The van der Waals surface area contributed by atoms with E-state index in [4.69, 9.17) is 23.9 Å². The van der Waals surface area contributed by atoms with E-state index in [-0.39, 0.29) is 38.4 Å². The maximum absolute atomic E-state index is 9.13. The van der Waals surface area contributed by atoms with Crippen LogP contribution >= 0.6 is 0 Å². The third-order valence-corrected chi connectivity index (χ3v) is 0.167. The first kappa shape index (κ1) is 39.0. The molecule has 0 radical (unpaired) electrons. The van der Waals surface area contributed by atoms with Crippen molar-refractivity contribution in [3.63, 3.8) is 0 Å². The van der Waals surface area contributed by atoms with Gasteiger partial charge in [-0.15, -0.1) is 0 Å². The van der Waals surface area contributed by atoms with Crippen LogP contribution in [0.5, 0.6) is 0 Å². The predicted octanol–water partition coefficient (Wildman–Crippen LogP) is -5.42. The van der Waals surface area contributed by atoms with Crippen molar-refractivity contribution in [1.82, 2.24) is 0 Å². The first-order valence-corrected chi connectivity index (χ1v) is 1.78. The number of aliphatic carboxylic acids is 1. The largest absolute Gasteiger partial charge is 2.00 e. The zero-order valence-electron chi connectivity index (χ0n) is 6.06. The fraction of sp³-hybridized carbons (Fsp3) is 0.200. The second-order valence-corrected chi connectivity index (χ2v) is 0.576. The molecule has 0 aromatic heterocycles. The molecule has 2 N–H and O–H groups in total. The second-order valence-electron chi connectivity index (χ2n) is 0.576. The Hall–Kier alpha value is -0.437. The van der Waals surface area contributed by atoms with Crippen molar-refractivity contribution in [2.45, 2.75) is 0 Å². The third kappa shape index (κ3) is 433. The van der Waals surface area contributed by atoms with Gasteiger partial charge in [0.15, 0.2) is 0 Å². The third-order valence-electron chi connectivity index (χ3n) is 0.167. The molecular formula is C5H4ClNO5Ru. The summed E-state index contributed by atoms with van der Waals surface area (Å²) < 4.78 is 22.5.